The Morgan fingerprint density at radius 3 is 2.74 bits per heavy atom. The number of hydrogen-bond donors (Lipinski definition) is 2. The highest BCUT2D eigenvalue weighted by Gasteiger charge is 2.61. The number of thiazole rings is 1. The molecule has 35 heavy (non-hydrogen) atoms. The highest BCUT2D eigenvalue weighted by atomic mass is 32.1. The van der Waals surface area contributed by atoms with Crippen molar-refractivity contribution < 1.29 is 15.0 Å². The van der Waals surface area contributed by atoms with E-state index in [2.05, 4.69) is 36.2 Å². The summed E-state index contributed by atoms with van der Waals surface area (Å²) in [4.78, 5) is 16.7. The lowest BCUT2D eigenvalue weighted by atomic mass is 9.51. The van der Waals surface area contributed by atoms with Crippen LogP contribution in [0, 0.1) is 17.3 Å². The lowest BCUT2D eigenvalue weighted by molar-refractivity contribution is -0.114. The Balaban J connectivity index is 1.47. The summed E-state index contributed by atoms with van der Waals surface area (Å²) in [6.07, 6.45) is 13.4. The van der Waals surface area contributed by atoms with Crippen molar-refractivity contribution in [2.75, 3.05) is 6.61 Å². The maximum absolute atomic E-state index is 12.2. The minimum atomic E-state index is -0.908. The van der Waals surface area contributed by atoms with Gasteiger partial charge in [-0.25, -0.2) is 4.98 Å². The van der Waals surface area contributed by atoms with E-state index in [-0.39, 0.29) is 23.7 Å². The molecule has 2 aromatic rings. The van der Waals surface area contributed by atoms with E-state index in [1.165, 1.54) is 22.3 Å². The summed E-state index contributed by atoms with van der Waals surface area (Å²) < 4.78 is 0. The van der Waals surface area contributed by atoms with E-state index in [0.29, 0.717) is 18.3 Å². The second kappa shape index (κ2) is 8.65. The molecule has 4 nitrogen and oxygen atoms in total. The predicted molar refractivity (Wildman–Crippen MR) is 139 cm³/mol. The first-order valence-electron chi connectivity index (χ1n) is 12.9. The van der Waals surface area contributed by atoms with Crippen LogP contribution in [0.3, 0.4) is 0 Å². The maximum atomic E-state index is 12.2. The van der Waals surface area contributed by atoms with E-state index >= 15 is 0 Å². The quantitative estimate of drug-likeness (QED) is 0.520. The molecular formula is C30H33NO3S. The third kappa shape index (κ3) is 3.62. The smallest absolute Gasteiger partial charge is 0.156 e. The fraction of sp³-hybridized carbons (Fsp3) is 0.467. The second-order valence-corrected chi connectivity index (χ2v) is 11.9. The van der Waals surface area contributed by atoms with Gasteiger partial charge in [0.15, 0.2) is 5.78 Å². The first-order valence-corrected chi connectivity index (χ1v) is 13.8. The molecule has 0 unspecified atom stereocenters. The Labute approximate surface area is 211 Å². The van der Waals surface area contributed by atoms with Gasteiger partial charge in [-0.2, -0.15) is 0 Å². The van der Waals surface area contributed by atoms with Crippen LogP contribution in [0.15, 0.2) is 70.8 Å². The first-order chi connectivity index (χ1) is 16.9. The fourth-order valence-corrected chi connectivity index (χ4v) is 8.39. The SMILES string of the molecule is C[C@]12C[C@H](c3ccc(-c4nccs4)cc3)C3=C4CCC(=O)C=C4CC[C@H]3[C@@H]1CC[C@@]2(O)/C=C\CO. The molecule has 5 heteroatoms. The van der Waals surface area contributed by atoms with Crippen LogP contribution in [0.2, 0.25) is 0 Å². The first kappa shape index (κ1) is 23.1. The minimum absolute atomic E-state index is 0.0500. The molecule has 1 heterocycles. The summed E-state index contributed by atoms with van der Waals surface area (Å²) in [6.45, 7) is 2.23. The Hall–Kier alpha value is -2.34. The maximum Gasteiger partial charge on any atom is 0.156 e. The third-order valence-corrected chi connectivity index (χ3v) is 10.3. The zero-order valence-electron chi connectivity index (χ0n) is 20.2. The molecule has 5 atom stereocenters. The normalized spacial score (nSPS) is 34.5. The van der Waals surface area contributed by atoms with Gasteiger partial charge in [-0.15, -0.1) is 11.3 Å². The molecule has 0 spiro atoms. The van der Waals surface area contributed by atoms with Gasteiger partial charge in [0.05, 0.1) is 12.2 Å². The highest BCUT2D eigenvalue weighted by Crippen LogP contribution is 2.67. The molecule has 182 valence electrons. The second-order valence-electron chi connectivity index (χ2n) is 11.0. The molecule has 0 radical (unpaired) electrons. The number of allylic oxidation sites excluding steroid dienone is 4. The van der Waals surface area contributed by atoms with Crippen molar-refractivity contribution in [3.05, 3.63) is 76.4 Å². The monoisotopic (exact) mass is 487 g/mol. The van der Waals surface area contributed by atoms with Crippen molar-refractivity contribution in [3.63, 3.8) is 0 Å². The number of rotatable bonds is 4. The topological polar surface area (TPSA) is 70.4 Å². The van der Waals surface area contributed by atoms with Crippen LogP contribution in [0.1, 0.15) is 63.4 Å². The van der Waals surface area contributed by atoms with Crippen molar-refractivity contribution in [3.8, 4) is 10.6 Å². The molecule has 6 rings (SSSR count). The van der Waals surface area contributed by atoms with Crippen LogP contribution in [0.5, 0.6) is 0 Å². The molecule has 0 bridgehead atoms. The van der Waals surface area contributed by atoms with Crippen molar-refractivity contribution in [1.82, 2.24) is 4.98 Å². The van der Waals surface area contributed by atoms with Gasteiger partial charge in [-0.3, -0.25) is 4.79 Å². The van der Waals surface area contributed by atoms with E-state index in [0.717, 1.165) is 49.1 Å². The van der Waals surface area contributed by atoms with Gasteiger partial charge >= 0.3 is 0 Å². The number of carbonyl (C=O) groups is 1. The van der Waals surface area contributed by atoms with E-state index in [4.69, 9.17) is 0 Å². The van der Waals surface area contributed by atoms with E-state index in [9.17, 15) is 15.0 Å². The van der Waals surface area contributed by atoms with Gasteiger partial charge in [0, 0.05) is 34.9 Å². The van der Waals surface area contributed by atoms with Crippen LogP contribution >= 0.6 is 11.3 Å². The van der Waals surface area contributed by atoms with Crippen molar-refractivity contribution in [2.45, 2.75) is 63.4 Å². The molecule has 1 aromatic carbocycles. The molecule has 0 saturated heterocycles. The van der Waals surface area contributed by atoms with Crippen LogP contribution in [-0.4, -0.2) is 33.2 Å². The van der Waals surface area contributed by atoms with Crippen molar-refractivity contribution in [1.29, 1.82) is 0 Å². The molecular weight excluding hydrogens is 454 g/mol. The number of ketones is 1. The molecule has 2 saturated carbocycles. The molecule has 1 aromatic heterocycles. The predicted octanol–water partition coefficient (Wildman–Crippen LogP) is 5.99. The van der Waals surface area contributed by atoms with E-state index in [1.54, 1.807) is 17.4 Å². The molecule has 2 fully saturated rings. The third-order valence-electron chi connectivity index (χ3n) is 9.44. The lowest BCUT2D eigenvalue weighted by Crippen LogP contribution is -2.50. The Morgan fingerprint density at radius 2 is 2.00 bits per heavy atom. The van der Waals surface area contributed by atoms with Crippen LogP contribution < -0.4 is 0 Å². The molecule has 4 aliphatic carbocycles. The number of benzene rings is 1. The van der Waals surface area contributed by atoms with Gasteiger partial charge in [0.1, 0.15) is 5.01 Å². The number of aliphatic hydroxyl groups is 2. The number of aromatic nitrogens is 1. The molecule has 2 N–H and O–H groups in total. The van der Waals surface area contributed by atoms with Gasteiger partial charge in [-0.05, 0) is 73.1 Å². The van der Waals surface area contributed by atoms with Crippen LogP contribution in [0.4, 0.5) is 0 Å². The van der Waals surface area contributed by atoms with Crippen LogP contribution in [-0.2, 0) is 4.79 Å². The Morgan fingerprint density at radius 1 is 1.17 bits per heavy atom. The average Bonchev–Trinajstić information content (AvgIpc) is 3.49. The van der Waals surface area contributed by atoms with E-state index in [1.807, 2.05) is 23.7 Å². The lowest BCUT2D eigenvalue weighted by Gasteiger charge is -2.54. The number of fused-ring (bicyclic) bond motifs is 4. The zero-order valence-corrected chi connectivity index (χ0v) is 21.1. The van der Waals surface area contributed by atoms with Gasteiger partial charge in [-0.1, -0.05) is 48.9 Å². The summed E-state index contributed by atoms with van der Waals surface area (Å²) in [6, 6.07) is 8.86. The number of nitrogens with zero attached hydrogens (tertiary/aromatic N) is 1. The number of hydrogen-bond acceptors (Lipinski definition) is 5. The molecule has 0 aliphatic heterocycles. The van der Waals surface area contributed by atoms with Crippen molar-refractivity contribution >= 4 is 17.1 Å². The standard InChI is InChI=1S/C30H33NO3S/c1-29-18-25(19-3-5-20(6-4-19)28-31-14-16-35-28)27-23-10-8-22(33)17-21(23)7-9-24(27)26(29)11-13-30(29,34)12-2-15-32/h2-6,12,14,16-17,24-26,32,34H,7-11,13,15,18H2,1H3/b12-2-/t24-,25+,26-,29-,30-/m0/s1. The van der Waals surface area contributed by atoms with Crippen LogP contribution in [0.25, 0.3) is 10.6 Å². The van der Waals surface area contributed by atoms with Gasteiger partial charge < -0.3 is 10.2 Å². The minimum Gasteiger partial charge on any atom is -0.392 e. The molecule has 4 aliphatic rings. The number of aliphatic hydroxyl groups excluding tert-OH is 1. The summed E-state index contributed by atoms with van der Waals surface area (Å²) in [7, 11) is 0. The fourth-order valence-electron chi connectivity index (χ4n) is 7.74. The summed E-state index contributed by atoms with van der Waals surface area (Å²) in [5, 5.41) is 24.4. The Kier molecular flexibility index (Phi) is 5.70. The van der Waals surface area contributed by atoms with Gasteiger partial charge in [0.25, 0.3) is 0 Å². The zero-order chi connectivity index (χ0) is 24.2. The van der Waals surface area contributed by atoms with Crippen molar-refractivity contribution in [2.24, 2.45) is 17.3 Å². The Bertz CT molecular complexity index is 1220. The summed E-state index contributed by atoms with van der Waals surface area (Å²) in [5.41, 5.74) is 5.47. The summed E-state index contributed by atoms with van der Waals surface area (Å²) >= 11 is 1.65. The van der Waals surface area contributed by atoms with E-state index < -0.39 is 5.60 Å². The summed E-state index contributed by atoms with van der Waals surface area (Å²) in [5.74, 6) is 1.31. The largest absolute Gasteiger partial charge is 0.392 e. The average molecular weight is 488 g/mol. The highest BCUT2D eigenvalue weighted by molar-refractivity contribution is 7.13. The van der Waals surface area contributed by atoms with Gasteiger partial charge in [0.2, 0.25) is 0 Å². The number of carbonyl (C=O) groups excluding carboxylic acids is 1. The molecule has 0 amide bonds.